The highest BCUT2D eigenvalue weighted by molar-refractivity contribution is 9.10. The highest BCUT2D eigenvalue weighted by Crippen LogP contribution is 2.37. The number of amides is 2. The lowest BCUT2D eigenvalue weighted by Gasteiger charge is -2.22. The zero-order chi connectivity index (χ0) is 28.0. The van der Waals surface area contributed by atoms with Gasteiger partial charge in [0, 0.05) is 17.7 Å². The molecule has 38 heavy (non-hydrogen) atoms. The van der Waals surface area contributed by atoms with Gasteiger partial charge in [-0.1, -0.05) is 0 Å². The van der Waals surface area contributed by atoms with E-state index in [2.05, 4.69) is 26.2 Å². The summed E-state index contributed by atoms with van der Waals surface area (Å²) in [6.07, 6.45) is -4.76. The molecule has 202 valence electrons. The van der Waals surface area contributed by atoms with Crippen molar-refractivity contribution in [2.24, 2.45) is 5.73 Å². The van der Waals surface area contributed by atoms with Crippen LogP contribution in [0.25, 0.3) is 11.3 Å². The van der Waals surface area contributed by atoms with Gasteiger partial charge in [-0.3, -0.25) is 9.59 Å². The predicted molar refractivity (Wildman–Crippen MR) is 133 cm³/mol. The largest absolute Gasteiger partial charge is 0.494 e. The molecule has 1 heterocycles. The summed E-state index contributed by atoms with van der Waals surface area (Å²) < 4.78 is 71.5. The molecule has 0 aliphatic rings. The monoisotopic (exact) mass is 599 g/mol. The first-order valence-electron chi connectivity index (χ1n) is 10.9. The first-order chi connectivity index (χ1) is 17.9. The van der Waals surface area contributed by atoms with Crippen LogP contribution < -0.4 is 25.3 Å². The van der Waals surface area contributed by atoms with E-state index in [0.717, 1.165) is 12.1 Å². The number of aromatic nitrogens is 1. The fourth-order valence-electron chi connectivity index (χ4n) is 3.43. The van der Waals surface area contributed by atoms with E-state index in [1.165, 1.54) is 50.6 Å². The SMILES string of the molecule is COc1cc(C(=O)NCC(c2ccc(OC)c(-c3ccc(F)c(Br)c3)n2)C(F)(F)F)ccc1OCC(N)=O. The van der Waals surface area contributed by atoms with E-state index in [-0.39, 0.29) is 38.7 Å². The number of hydrogen-bond acceptors (Lipinski definition) is 6. The molecule has 0 radical (unpaired) electrons. The van der Waals surface area contributed by atoms with Crippen LogP contribution in [0.2, 0.25) is 0 Å². The normalized spacial score (nSPS) is 12.0. The van der Waals surface area contributed by atoms with Crippen molar-refractivity contribution in [2.45, 2.75) is 12.1 Å². The maximum absolute atomic E-state index is 14.1. The van der Waals surface area contributed by atoms with Crippen LogP contribution in [-0.2, 0) is 4.79 Å². The first-order valence-corrected chi connectivity index (χ1v) is 11.7. The number of benzene rings is 2. The van der Waals surface area contributed by atoms with Gasteiger partial charge in [-0.05, 0) is 64.5 Å². The van der Waals surface area contributed by atoms with Gasteiger partial charge < -0.3 is 25.3 Å². The van der Waals surface area contributed by atoms with Gasteiger partial charge in [0.05, 0.1) is 24.4 Å². The van der Waals surface area contributed by atoms with E-state index in [1.807, 2.05) is 0 Å². The number of carbonyl (C=O) groups excluding carboxylic acids is 2. The zero-order valence-electron chi connectivity index (χ0n) is 20.1. The van der Waals surface area contributed by atoms with Gasteiger partial charge >= 0.3 is 6.18 Å². The summed E-state index contributed by atoms with van der Waals surface area (Å²) in [5.41, 5.74) is 5.06. The van der Waals surface area contributed by atoms with Crippen molar-refractivity contribution in [1.29, 1.82) is 0 Å². The van der Waals surface area contributed by atoms with Gasteiger partial charge in [-0.15, -0.1) is 0 Å². The van der Waals surface area contributed by atoms with Crippen molar-refractivity contribution in [1.82, 2.24) is 10.3 Å². The van der Waals surface area contributed by atoms with Gasteiger partial charge in [-0.25, -0.2) is 9.37 Å². The maximum atomic E-state index is 14.1. The maximum Gasteiger partial charge on any atom is 0.398 e. The van der Waals surface area contributed by atoms with E-state index in [1.54, 1.807) is 0 Å². The molecular weight excluding hydrogens is 578 g/mol. The molecule has 0 aliphatic heterocycles. The standard InChI is InChI=1S/C25H22BrF4N3O5/c1-36-20-8-6-18(33-23(20)13-3-5-17(27)16(26)9-13)15(25(28,29)30)11-32-24(35)14-4-7-19(21(10-14)37-2)38-12-22(31)34/h3-10,15H,11-12H2,1-2H3,(H2,31,34)(H,32,35). The van der Waals surface area contributed by atoms with Gasteiger partial charge in [0.25, 0.3) is 11.8 Å². The number of hydrogen-bond donors (Lipinski definition) is 2. The van der Waals surface area contributed by atoms with Crippen molar-refractivity contribution in [3.8, 4) is 28.5 Å². The minimum absolute atomic E-state index is 0.00580. The molecule has 0 bridgehead atoms. The Labute approximate surface area is 223 Å². The van der Waals surface area contributed by atoms with Gasteiger partial charge in [-0.2, -0.15) is 13.2 Å². The number of methoxy groups -OCH3 is 2. The summed E-state index contributed by atoms with van der Waals surface area (Å²) in [5, 5.41) is 2.27. The summed E-state index contributed by atoms with van der Waals surface area (Å²) in [7, 11) is 2.62. The Morgan fingerprint density at radius 1 is 1.03 bits per heavy atom. The second-order valence-electron chi connectivity index (χ2n) is 7.84. The highest BCUT2D eigenvalue weighted by atomic mass is 79.9. The summed E-state index contributed by atoms with van der Waals surface area (Å²) in [6.45, 7) is -1.25. The Balaban J connectivity index is 1.87. The van der Waals surface area contributed by atoms with Crippen molar-refractivity contribution in [2.75, 3.05) is 27.4 Å². The van der Waals surface area contributed by atoms with Crippen molar-refractivity contribution in [3.05, 3.63) is 70.1 Å². The number of ether oxygens (including phenoxy) is 3. The number of carbonyl (C=O) groups is 2. The average molecular weight is 600 g/mol. The molecule has 0 aliphatic carbocycles. The van der Waals surface area contributed by atoms with Crippen LogP contribution in [0.4, 0.5) is 17.6 Å². The van der Waals surface area contributed by atoms with Crippen LogP contribution in [0.3, 0.4) is 0 Å². The van der Waals surface area contributed by atoms with Crippen molar-refractivity contribution >= 4 is 27.7 Å². The number of rotatable bonds is 10. The number of pyridine rings is 1. The molecule has 0 saturated heterocycles. The molecule has 2 amide bonds. The highest BCUT2D eigenvalue weighted by Gasteiger charge is 2.42. The summed E-state index contributed by atoms with van der Waals surface area (Å²) >= 11 is 3.05. The van der Waals surface area contributed by atoms with Crippen LogP contribution in [0, 0.1) is 5.82 Å². The Morgan fingerprint density at radius 3 is 2.32 bits per heavy atom. The molecule has 0 spiro atoms. The minimum Gasteiger partial charge on any atom is -0.494 e. The molecule has 3 rings (SSSR count). The Bertz CT molecular complexity index is 1340. The van der Waals surface area contributed by atoms with E-state index < -0.39 is 42.9 Å². The lowest BCUT2D eigenvalue weighted by molar-refractivity contribution is -0.149. The quantitative estimate of drug-likeness (QED) is 0.329. The molecular formula is C25H22BrF4N3O5. The second kappa shape index (κ2) is 12.1. The fraction of sp³-hybridized carbons (Fsp3) is 0.240. The van der Waals surface area contributed by atoms with Crippen LogP contribution in [-0.4, -0.2) is 50.3 Å². The molecule has 0 saturated carbocycles. The Hall–Kier alpha value is -3.87. The second-order valence-corrected chi connectivity index (χ2v) is 8.70. The van der Waals surface area contributed by atoms with Gasteiger partial charge in [0.1, 0.15) is 23.2 Å². The third-order valence-electron chi connectivity index (χ3n) is 5.31. The number of nitrogens with zero attached hydrogens (tertiary/aromatic N) is 1. The molecule has 13 heteroatoms. The van der Waals surface area contributed by atoms with Crippen molar-refractivity contribution < 1.29 is 41.4 Å². The molecule has 1 unspecified atom stereocenters. The van der Waals surface area contributed by atoms with E-state index >= 15 is 0 Å². The molecule has 3 N–H and O–H groups in total. The van der Waals surface area contributed by atoms with E-state index in [9.17, 15) is 27.2 Å². The smallest absolute Gasteiger partial charge is 0.398 e. The van der Waals surface area contributed by atoms with Crippen LogP contribution in [0.15, 0.2) is 53.0 Å². The Kier molecular flexibility index (Phi) is 9.15. The Morgan fingerprint density at radius 2 is 1.71 bits per heavy atom. The number of nitrogens with two attached hydrogens (primary N) is 1. The predicted octanol–water partition coefficient (Wildman–Crippen LogP) is 4.61. The lowest BCUT2D eigenvalue weighted by Crippen LogP contribution is -2.35. The average Bonchev–Trinajstić information content (AvgIpc) is 2.88. The third kappa shape index (κ3) is 6.91. The van der Waals surface area contributed by atoms with E-state index in [4.69, 9.17) is 19.9 Å². The summed E-state index contributed by atoms with van der Waals surface area (Å²) in [5.74, 6) is -3.87. The number of halogens is 5. The molecule has 0 fully saturated rings. The molecule has 3 aromatic rings. The van der Waals surface area contributed by atoms with Crippen LogP contribution in [0.1, 0.15) is 22.0 Å². The first kappa shape index (κ1) is 28.7. The molecule has 1 aromatic heterocycles. The third-order valence-corrected chi connectivity index (χ3v) is 5.92. The van der Waals surface area contributed by atoms with Gasteiger partial charge in [0.2, 0.25) is 0 Å². The minimum atomic E-state index is -4.76. The molecule has 1 atom stereocenters. The van der Waals surface area contributed by atoms with Gasteiger partial charge in [0.15, 0.2) is 18.1 Å². The number of primary amides is 1. The zero-order valence-corrected chi connectivity index (χ0v) is 21.7. The summed E-state index contributed by atoms with van der Waals surface area (Å²) in [4.78, 5) is 27.8. The van der Waals surface area contributed by atoms with E-state index in [0.29, 0.717) is 5.56 Å². The topological polar surface area (TPSA) is 113 Å². The van der Waals surface area contributed by atoms with Crippen molar-refractivity contribution in [3.63, 3.8) is 0 Å². The molecule has 2 aromatic carbocycles. The van der Waals surface area contributed by atoms with Crippen LogP contribution >= 0.6 is 15.9 Å². The summed E-state index contributed by atoms with van der Waals surface area (Å²) in [6, 6.07) is 10.2. The lowest BCUT2D eigenvalue weighted by atomic mass is 10.0. The number of nitrogens with one attached hydrogen (secondary N) is 1. The number of alkyl halides is 3. The fourth-order valence-corrected chi connectivity index (χ4v) is 3.81. The van der Waals surface area contributed by atoms with Crippen LogP contribution in [0.5, 0.6) is 17.2 Å². The molecule has 8 nitrogen and oxygen atoms in total.